The highest BCUT2D eigenvalue weighted by atomic mass is 127. The second kappa shape index (κ2) is 10.1. The van der Waals surface area contributed by atoms with E-state index in [-0.39, 0.29) is 24.0 Å². The van der Waals surface area contributed by atoms with Gasteiger partial charge in [-0.15, -0.1) is 24.0 Å². The van der Waals surface area contributed by atoms with Crippen molar-refractivity contribution in [2.75, 3.05) is 38.1 Å². The smallest absolute Gasteiger partial charge is 0.193 e. The number of hydrogen-bond acceptors (Lipinski definition) is 3. The minimum absolute atomic E-state index is 0. The zero-order chi connectivity index (χ0) is 18.5. The van der Waals surface area contributed by atoms with Crippen molar-refractivity contribution in [3.63, 3.8) is 0 Å². The maximum Gasteiger partial charge on any atom is 0.193 e. The Balaban J connectivity index is 0.00000225. The lowest BCUT2D eigenvalue weighted by Crippen LogP contribution is -2.39. The van der Waals surface area contributed by atoms with Crippen LogP contribution in [0.2, 0.25) is 0 Å². The van der Waals surface area contributed by atoms with Crippen LogP contribution >= 0.6 is 24.0 Å². The molecule has 0 saturated carbocycles. The molecule has 1 N–H and O–H groups in total. The predicted octanol–water partition coefficient (Wildman–Crippen LogP) is 3.86. The third-order valence-electron chi connectivity index (χ3n) is 5.66. The summed E-state index contributed by atoms with van der Waals surface area (Å²) in [7, 11) is 1.87. The van der Waals surface area contributed by atoms with E-state index >= 15 is 0 Å². The van der Waals surface area contributed by atoms with Crippen LogP contribution in [0.4, 0.5) is 5.82 Å². The molecule has 150 valence electrons. The number of guanidine groups is 1. The van der Waals surface area contributed by atoms with Crippen LogP contribution in [0, 0.1) is 0 Å². The fraction of sp³-hybridized carbons (Fsp3) is 0.455. The van der Waals surface area contributed by atoms with E-state index in [2.05, 4.69) is 67.6 Å². The molecular formula is C22H30IN5. The summed E-state index contributed by atoms with van der Waals surface area (Å²) in [5.41, 5.74) is 2.62. The number of benzene rings is 1. The number of nitrogens with zero attached hydrogens (tertiary/aromatic N) is 4. The van der Waals surface area contributed by atoms with Gasteiger partial charge in [-0.1, -0.05) is 36.4 Å². The van der Waals surface area contributed by atoms with E-state index in [9.17, 15) is 0 Å². The minimum atomic E-state index is 0. The molecule has 1 atom stereocenters. The van der Waals surface area contributed by atoms with Crippen LogP contribution in [0.25, 0.3) is 0 Å². The van der Waals surface area contributed by atoms with Gasteiger partial charge in [-0.3, -0.25) is 4.99 Å². The van der Waals surface area contributed by atoms with E-state index in [0.29, 0.717) is 5.92 Å². The molecule has 5 nitrogen and oxygen atoms in total. The number of nitrogens with one attached hydrogen (secondary N) is 1. The largest absolute Gasteiger partial charge is 0.357 e. The summed E-state index contributed by atoms with van der Waals surface area (Å²) in [6, 6.07) is 15.1. The van der Waals surface area contributed by atoms with Gasteiger partial charge in [0.05, 0.1) is 0 Å². The zero-order valence-corrected chi connectivity index (χ0v) is 18.9. The first-order valence-corrected chi connectivity index (χ1v) is 10.0. The quantitative estimate of drug-likeness (QED) is 0.401. The number of aliphatic imine (C=N–C) groups is 1. The van der Waals surface area contributed by atoms with Gasteiger partial charge in [-0.25, -0.2) is 4.98 Å². The molecule has 2 saturated heterocycles. The van der Waals surface area contributed by atoms with Crippen LogP contribution in [0.15, 0.2) is 53.7 Å². The summed E-state index contributed by atoms with van der Waals surface area (Å²) < 4.78 is 0. The Morgan fingerprint density at radius 1 is 1.11 bits per heavy atom. The van der Waals surface area contributed by atoms with Gasteiger partial charge in [0.15, 0.2) is 5.96 Å². The molecule has 1 aromatic heterocycles. The molecule has 2 fully saturated rings. The van der Waals surface area contributed by atoms with Gasteiger partial charge in [0.1, 0.15) is 5.82 Å². The lowest BCUT2D eigenvalue weighted by atomic mass is 9.99. The highest BCUT2D eigenvalue weighted by Gasteiger charge is 2.25. The summed E-state index contributed by atoms with van der Waals surface area (Å²) in [6.07, 6.45) is 5.73. The van der Waals surface area contributed by atoms with Crippen molar-refractivity contribution in [2.24, 2.45) is 4.99 Å². The minimum Gasteiger partial charge on any atom is -0.357 e. The second-order valence-corrected chi connectivity index (χ2v) is 7.46. The van der Waals surface area contributed by atoms with Gasteiger partial charge in [0.25, 0.3) is 0 Å². The molecule has 0 radical (unpaired) electrons. The summed E-state index contributed by atoms with van der Waals surface area (Å²) >= 11 is 0. The number of rotatable bonds is 4. The zero-order valence-electron chi connectivity index (χ0n) is 16.6. The highest BCUT2D eigenvalue weighted by Crippen LogP contribution is 2.27. The third kappa shape index (κ3) is 4.96. The second-order valence-electron chi connectivity index (χ2n) is 7.46. The van der Waals surface area contributed by atoms with Crippen LogP contribution in [0.1, 0.15) is 36.3 Å². The van der Waals surface area contributed by atoms with Crippen LogP contribution < -0.4 is 10.2 Å². The average Bonchev–Trinajstić information content (AvgIpc) is 3.42. The molecule has 0 bridgehead atoms. The van der Waals surface area contributed by atoms with Gasteiger partial charge in [0.2, 0.25) is 0 Å². The van der Waals surface area contributed by atoms with Crippen molar-refractivity contribution in [1.82, 2.24) is 15.2 Å². The normalized spacial score (nSPS) is 19.6. The van der Waals surface area contributed by atoms with E-state index in [1.807, 2.05) is 13.2 Å². The molecule has 0 aliphatic carbocycles. The monoisotopic (exact) mass is 491 g/mol. The number of pyridine rings is 1. The summed E-state index contributed by atoms with van der Waals surface area (Å²) in [6.45, 7) is 5.09. The van der Waals surface area contributed by atoms with E-state index < -0.39 is 0 Å². The number of aromatic nitrogens is 1. The first-order valence-electron chi connectivity index (χ1n) is 10.0. The lowest BCUT2D eigenvalue weighted by molar-refractivity contribution is 0.486. The molecule has 3 heterocycles. The van der Waals surface area contributed by atoms with E-state index in [4.69, 9.17) is 0 Å². The first-order chi connectivity index (χ1) is 13.3. The molecule has 4 rings (SSSR count). The number of likely N-dealkylation sites (tertiary alicyclic amines) is 1. The molecule has 6 heteroatoms. The Morgan fingerprint density at radius 2 is 1.89 bits per heavy atom. The average molecular weight is 491 g/mol. The van der Waals surface area contributed by atoms with Crippen molar-refractivity contribution < 1.29 is 0 Å². The van der Waals surface area contributed by atoms with Crippen molar-refractivity contribution >= 4 is 35.8 Å². The Kier molecular flexibility index (Phi) is 7.53. The molecule has 1 unspecified atom stereocenters. The summed E-state index contributed by atoms with van der Waals surface area (Å²) in [5.74, 6) is 2.68. The predicted molar refractivity (Wildman–Crippen MR) is 127 cm³/mol. The SMILES string of the molecule is CN=C(NCc1ccc(N2CCCC2)nc1)N1CCC(c2ccccc2)C1.I. The van der Waals surface area contributed by atoms with Gasteiger partial charge in [0, 0.05) is 51.9 Å². The molecule has 2 aromatic rings. The standard InChI is InChI=1S/C22H29N5.HI/c1-23-22(27-14-11-20(17-27)19-7-3-2-4-8-19)25-16-18-9-10-21(24-15-18)26-12-5-6-13-26;/h2-4,7-10,15,20H,5-6,11-14,16-17H2,1H3,(H,23,25);1H. The van der Waals surface area contributed by atoms with Crippen LogP contribution in [0.5, 0.6) is 0 Å². The molecule has 0 amide bonds. The van der Waals surface area contributed by atoms with Crippen molar-refractivity contribution in [3.8, 4) is 0 Å². The molecule has 28 heavy (non-hydrogen) atoms. The number of anilines is 1. The molecule has 2 aliphatic heterocycles. The molecular weight excluding hydrogens is 461 g/mol. The van der Waals surface area contributed by atoms with Gasteiger partial charge < -0.3 is 15.1 Å². The lowest BCUT2D eigenvalue weighted by Gasteiger charge is -2.22. The molecule has 1 aromatic carbocycles. The topological polar surface area (TPSA) is 43.8 Å². The van der Waals surface area contributed by atoms with Crippen LogP contribution in [0.3, 0.4) is 0 Å². The Hall–Kier alpha value is -1.83. The van der Waals surface area contributed by atoms with Gasteiger partial charge in [-0.2, -0.15) is 0 Å². The van der Waals surface area contributed by atoms with Crippen LogP contribution in [-0.2, 0) is 6.54 Å². The number of hydrogen-bond donors (Lipinski definition) is 1. The Morgan fingerprint density at radius 3 is 2.57 bits per heavy atom. The third-order valence-corrected chi connectivity index (χ3v) is 5.66. The van der Waals surface area contributed by atoms with Crippen molar-refractivity contribution in [1.29, 1.82) is 0 Å². The number of halogens is 1. The first kappa shape index (κ1) is 20.9. The van der Waals surface area contributed by atoms with Crippen molar-refractivity contribution in [3.05, 3.63) is 59.8 Å². The van der Waals surface area contributed by atoms with Gasteiger partial charge in [-0.05, 0) is 36.5 Å². The van der Waals surface area contributed by atoms with E-state index in [1.165, 1.54) is 30.4 Å². The fourth-order valence-electron chi connectivity index (χ4n) is 4.12. The molecule has 0 spiro atoms. The summed E-state index contributed by atoms with van der Waals surface area (Å²) in [5, 5.41) is 3.51. The highest BCUT2D eigenvalue weighted by molar-refractivity contribution is 14.0. The summed E-state index contributed by atoms with van der Waals surface area (Å²) in [4.78, 5) is 13.9. The maximum atomic E-state index is 4.65. The fourth-order valence-corrected chi connectivity index (χ4v) is 4.12. The van der Waals surface area contributed by atoms with E-state index in [1.54, 1.807) is 0 Å². The van der Waals surface area contributed by atoms with E-state index in [0.717, 1.165) is 44.5 Å². The molecule has 2 aliphatic rings. The van der Waals surface area contributed by atoms with Crippen LogP contribution in [-0.4, -0.2) is 49.1 Å². The van der Waals surface area contributed by atoms with Gasteiger partial charge >= 0.3 is 0 Å². The Labute approximate surface area is 185 Å². The van der Waals surface area contributed by atoms with Crippen molar-refractivity contribution in [2.45, 2.75) is 31.7 Å². The Bertz CT molecular complexity index is 756. The maximum absolute atomic E-state index is 4.65.